The summed E-state index contributed by atoms with van der Waals surface area (Å²) in [6.07, 6.45) is 0. The zero-order valence-corrected chi connectivity index (χ0v) is 15.4. The van der Waals surface area contributed by atoms with Crippen molar-refractivity contribution in [3.05, 3.63) is 89.2 Å². The lowest BCUT2D eigenvalue weighted by Gasteiger charge is -2.18. The van der Waals surface area contributed by atoms with E-state index in [0.717, 1.165) is 0 Å². The first kappa shape index (κ1) is 18.7. The van der Waals surface area contributed by atoms with Gasteiger partial charge in [-0.3, -0.25) is 9.59 Å². The van der Waals surface area contributed by atoms with Gasteiger partial charge in [0.05, 0.1) is 0 Å². The minimum Gasteiger partial charge on any atom is -0.486 e. The van der Waals surface area contributed by atoms with Crippen LogP contribution in [0.2, 0.25) is 0 Å². The molecule has 5 nitrogen and oxygen atoms in total. The van der Waals surface area contributed by atoms with Crippen LogP contribution in [0.3, 0.4) is 0 Å². The molecule has 0 spiro atoms. The van der Waals surface area contributed by atoms with Gasteiger partial charge in [0, 0.05) is 16.7 Å². The third-order valence-corrected chi connectivity index (χ3v) is 4.46. The Hall–Kier alpha value is -3.67. The molecule has 4 rings (SSSR count). The van der Waals surface area contributed by atoms with E-state index in [0.29, 0.717) is 47.2 Å². The van der Waals surface area contributed by atoms with Gasteiger partial charge in [0.2, 0.25) is 0 Å². The number of ketones is 2. The first-order valence-corrected chi connectivity index (χ1v) is 9.06. The van der Waals surface area contributed by atoms with Crippen LogP contribution in [0, 0.1) is 5.82 Å². The van der Waals surface area contributed by atoms with E-state index < -0.39 is 5.82 Å². The number of fused-ring (bicyclic) bond motifs is 1. The molecule has 0 radical (unpaired) electrons. The minimum atomic E-state index is -0.395. The highest BCUT2D eigenvalue weighted by atomic mass is 19.1. The lowest BCUT2D eigenvalue weighted by atomic mass is 10.0. The third-order valence-electron chi connectivity index (χ3n) is 4.46. The molecule has 0 atom stereocenters. The van der Waals surface area contributed by atoms with Crippen molar-refractivity contribution in [3.8, 4) is 17.2 Å². The maximum Gasteiger partial charge on any atom is 0.200 e. The number of benzene rings is 3. The fraction of sp³-hybridized carbons (Fsp3) is 0.130. The van der Waals surface area contributed by atoms with Crippen LogP contribution >= 0.6 is 0 Å². The van der Waals surface area contributed by atoms with E-state index in [2.05, 4.69) is 0 Å². The van der Waals surface area contributed by atoms with Crippen molar-refractivity contribution in [2.45, 2.75) is 0 Å². The predicted octanol–water partition coefficient (Wildman–Crippen LogP) is 4.09. The van der Waals surface area contributed by atoms with Crippen molar-refractivity contribution in [3.63, 3.8) is 0 Å². The Labute approximate surface area is 166 Å². The first-order valence-electron chi connectivity index (χ1n) is 9.06. The van der Waals surface area contributed by atoms with Crippen LogP contribution in [0.5, 0.6) is 17.2 Å². The Balaban J connectivity index is 1.38. The second-order valence-corrected chi connectivity index (χ2v) is 6.43. The average Bonchev–Trinajstić information content (AvgIpc) is 2.77. The molecule has 1 aliphatic heterocycles. The van der Waals surface area contributed by atoms with Gasteiger partial charge in [-0.05, 0) is 66.7 Å². The van der Waals surface area contributed by atoms with E-state index in [9.17, 15) is 14.0 Å². The summed E-state index contributed by atoms with van der Waals surface area (Å²) >= 11 is 0. The summed E-state index contributed by atoms with van der Waals surface area (Å²) in [4.78, 5) is 24.8. The smallest absolute Gasteiger partial charge is 0.200 e. The number of hydrogen-bond donors (Lipinski definition) is 0. The van der Waals surface area contributed by atoms with Gasteiger partial charge in [0.15, 0.2) is 29.7 Å². The summed E-state index contributed by atoms with van der Waals surface area (Å²) < 4.78 is 29.5. The number of Topliss-reactive ketones (excluding diaryl/α,β-unsaturated/α-hetero) is 1. The van der Waals surface area contributed by atoms with Gasteiger partial charge < -0.3 is 14.2 Å². The highest BCUT2D eigenvalue weighted by molar-refractivity contribution is 6.09. The molecule has 0 saturated carbocycles. The molecule has 0 aromatic heterocycles. The molecule has 0 bridgehead atoms. The number of hydrogen-bond acceptors (Lipinski definition) is 5. The summed E-state index contributed by atoms with van der Waals surface area (Å²) in [7, 11) is 0. The molecule has 3 aromatic carbocycles. The van der Waals surface area contributed by atoms with E-state index in [1.54, 1.807) is 42.5 Å². The number of carbonyl (C=O) groups excluding carboxylic acids is 2. The second-order valence-electron chi connectivity index (χ2n) is 6.43. The standard InChI is InChI=1S/C23H17FO5/c24-18-6-1-15(2-7-18)23(26)16-3-8-19(9-4-16)29-14-20(25)17-5-10-21-22(13-17)28-12-11-27-21/h1-10,13H,11-12,14H2. The molecule has 0 fully saturated rings. The molecule has 0 N–H and O–H groups in total. The molecule has 0 unspecified atom stereocenters. The average molecular weight is 392 g/mol. The quantitative estimate of drug-likeness (QED) is 0.592. The van der Waals surface area contributed by atoms with Gasteiger partial charge in [-0.15, -0.1) is 0 Å². The van der Waals surface area contributed by atoms with Crippen molar-refractivity contribution in [2.24, 2.45) is 0 Å². The van der Waals surface area contributed by atoms with Gasteiger partial charge in [-0.1, -0.05) is 0 Å². The molecule has 29 heavy (non-hydrogen) atoms. The second kappa shape index (κ2) is 8.14. The predicted molar refractivity (Wildman–Crippen MR) is 104 cm³/mol. The number of halogens is 1. The van der Waals surface area contributed by atoms with Crippen LogP contribution in [-0.4, -0.2) is 31.4 Å². The SMILES string of the molecule is O=C(COc1ccc(C(=O)c2ccc(F)cc2)cc1)c1ccc2c(c1)OCCO2. The maximum atomic E-state index is 13.0. The monoisotopic (exact) mass is 392 g/mol. The molecule has 0 saturated heterocycles. The van der Waals surface area contributed by atoms with Gasteiger partial charge in [0.25, 0.3) is 0 Å². The first-order chi connectivity index (χ1) is 14.1. The van der Waals surface area contributed by atoms with E-state index >= 15 is 0 Å². The van der Waals surface area contributed by atoms with E-state index in [1.807, 2.05) is 0 Å². The third kappa shape index (κ3) is 4.27. The Morgan fingerprint density at radius 1 is 0.793 bits per heavy atom. The highest BCUT2D eigenvalue weighted by Gasteiger charge is 2.15. The van der Waals surface area contributed by atoms with Gasteiger partial charge in [0.1, 0.15) is 24.8 Å². The van der Waals surface area contributed by atoms with E-state index in [4.69, 9.17) is 14.2 Å². The molecular formula is C23H17FO5. The minimum absolute atomic E-state index is 0.148. The Morgan fingerprint density at radius 3 is 2.07 bits per heavy atom. The van der Waals surface area contributed by atoms with Crippen LogP contribution in [0.15, 0.2) is 66.7 Å². The fourth-order valence-electron chi connectivity index (χ4n) is 2.92. The van der Waals surface area contributed by atoms with Crippen LogP contribution in [0.1, 0.15) is 26.3 Å². The zero-order valence-electron chi connectivity index (χ0n) is 15.4. The highest BCUT2D eigenvalue weighted by Crippen LogP contribution is 2.31. The van der Waals surface area contributed by atoms with Crippen molar-refractivity contribution in [1.29, 1.82) is 0 Å². The van der Waals surface area contributed by atoms with Crippen molar-refractivity contribution < 1.29 is 28.2 Å². The maximum absolute atomic E-state index is 13.0. The van der Waals surface area contributed by atoms with Crippen molar-refractivity contribution in [1.82, 2.24) is 0 Å². The van der Waals surface area contributed by atoms with Crippen molar-refractivity contribution in [2.75, 3.05) is 19.8 Å². The number of carbonyl (C=O) groups is 2. The summed E-state index contributed by atoms with van der Waals surface area (Å²) in [6.45, 7) is 0.790. The molecular weight excluding hydrogens is 375 g/mol. The lowest BCUT2D eigenvalue weighted by Crippen LogP contribution is -2.17. The van der Waals surface area contributed by atoms with E-state index in [1.165, 1.54) is 24.3 Å². The molecule has 0 amide bonds. The molecule has 1 heterocycles. The van der Waals surface area contributed by atoms with Gasteiger partial charge in [-0.2, -0.15) is 0 Å². The zero-order chi connectivity index (χ0) is 20.2. The van der Waals surface area contributed by atoms with Gasteiger partial charge in [-0.25, -0.2) is 4.39 Å². The van der Waals surface area contributed by atoms with Crippen LogP contribution in [0.4, 0.5) is 4.39 Å². The number of rotatable bonds is 6. The molecule has 146 valence electrons. The molecule has 3 aromatic rings. The Kier molecular flexibility index (Phi) is 5.24. The largest absolute Gasteiger partial charge is 0.486 e. The Bertz CT molecular complexity index is 1040. The van der Waals surface area contributed by atoms with Crippen LogP contribution in [0.25, 0.3) is 0 Å². The normalized spacial score (nSPS) is 12.3. The summed E-state index contributed by atoms with van der Waals surface area (Å²) in [5.41, 5.74) is 1.31. The van der Waals surface area contributed by atoms with Crippen molar-refractivity contribution >= 4 is 11.6 Å². The molecule has 1 aliphatic rings. The van der Waals surface area contributed by atoms with E-state index in [-0.39, 0.29) is 18.2 Å². The fourth-order valence-corrected chi connectivity index (χ4v) is 2.92. The number of ether oxygens (including phenoxy) is 3. The summed E-state index contributed by atoms with van der Waals surface area (Å²) in [6, 6.07) is 16.8. The summed E-state index contributed by atoms with van der Waals surface area (Å²) in [5, 5.41) is 0. The molecule has 0 aliphatic carbocycles. The molecule has 6 heteroatoms. The lowest BCUT2D eigenvalue weighted by molar-refractivity contribution is 0.0919. The Morgan fingerprint density at radius 2 is 1.38 bits per heavy atom. The van der Waals surface area contributed by atoms with Gasteiger partial charge >= 0.3 is 0 Å². The van der Waals surface area contributed by atoms with Crippen LogP contribution < -0.4 is 14.2 Å². The topological polar surface area (TPSA) is 61.8 Å². The summed E-state index contributed by atoms with van der Waals surface area (Å²) in [5.74, 6) is 0.817. The van der Waals surface area contributed by atoms with Crippen LogP contribution in [-0.2, 0) is 0 Å².